The second-order valence-electron chi connectivity index (χ2n) is 6.98. The van der Waals surface area contributed by atoms with E-state index < -0.39 is 0 Å². The summed E-state index contributed by atoms with van der Waals surface area (Å²) in [6.07, 6.45) is 3.11. The minimum absolute atomic E-state index is 0.0389. The van der Waals surface area contributed by atoms with E-state index in [1.165, 1.54) is 22.2 Å². The summed E-state index contributed by atoms with van der Waals surface area (Å²) >= 11 is 2.93. The minimum Gasteiger partial charge on any atom is -0.301 e. The van der Waals surface area contributed by atoms with Gasteiger partial charge in [-0.25, -0.2) is 4.98 Å². The molecule has 134 valence electrons. The molecule has 1 N–H and O–H groups in total. The third-order valence-electron chi connectivity index (χ3n) is 4.86. The molecule has 0 amide bonds. The van der Waals surface area contributed by atoms with Gasteiger partial charge in [-0.15, -0.1) is 11.3 Å². The van der Waals surface area contributed by atoms with Crippen molar-refractivity contribution in [1.82, 2.24) is 9.97 Å². The van der Waals surface area contributed by atoms with E-state index >= 15 is 0 Å². The number of nitrogens with zero attached hydrogens (tertiary/aromatic N) is 1. The molecule has 0 fully saturated rings. The Morgan fingerprint density at radius 3 is 2.88 bits per heavy atom. The highest BCUT2D eigenvalue weighted by molar-refractivity contribution is 7.99. The Balaban J connectivity index is 1.57. The lowest BCUT2D eigenvalue weighted by Crippen LogP contribution is -2.13. The van der Waals surface area contributed by atoms with Crippen LogP contribution in [0.4, 0.5) is 0 Å². The van der Waals surface area contributed by atoms with Crippen molar-refractivity contribution >= 4 is 39.1 Å². The summed E-state index contributed by atoms with van der Waals surface area (Å²) in [6.45, 7) is 4.25. The molecule has 1 atom stereocenters. The van der Waals surface area contributed by atoms with E-state index in [-0.39, 0.29) is 17.1 Å². The van der Waals surface area contributed by atoms with E-state index in [1.807, 2.05) is 31.2 Å². The fourth-order valence-electron chi connectivity index (χ4n) is 3.35. The first-order valence-electron chi connectivity index (χ1n) is 8.78. The van der Waals surface area contributed by atoms with E-state index in [1.54, 1.807) is 11.3 Å². The lowest BCUT2D eigenvalue weighted by Gasteiger charge is -2.17. The van der Waals surface area contributed by atoms with Crippen molar-refractivity contribution in [3.63, 3.8) is 0 Å². The maximum absolute atomic E-state index is 12.6. The number of Topliss-reactive ketones (excluding diaryl/α,β-unsaturated/α-hetero) is 1. The van der Waals surface area contributed by atoms with Crippen LogP contribution in [0.1, 0.15) is 39.7 Å². The van der Waals surface area contributed by atoms with Gasteiger partial charge in [-0.2, -0.15) is 0 Å². The summed E-state index contributed by atoms with van der Waals surface area (Å²) in [5.41, 5.74) is 2.92. The van der Waals surface area contributed by atoms with E-state index in [0.29, 0.717) is 16.6 Å². The van der Waals surface area contributed by atoms with Gasteiger partial charge in [0.25, 0.3) is 5.56 Å². The topological polar surface area (TPSA) is 62.8 Å². The molecule has 2 heterocycles. The molecular formula is C20H20N2O2S2. The zero-order valence-electron chi connectivity index (χ0n) is 14.8. The molecule has 2 aromatic heterocycles. The van der Waals surface area contributed by atoms with E-state index in [2.05, 4.69) is 16.9 Å². The average Bonchev–Trinajstić information content (AvgIpc) is 2.98. The fraction of sp³-hybridized carbons (Fsp3) is 0.350. The molecule has 0 saturated heterocycles. The SMILES string of the molecule is Cc1ccc(C(=O)CSc2nc3sc4c(c3c(=O)[nH]2)CC[C@@H](C)C4)cc1. The molecule has 0 saturated carbocycles. The number of hydrogen-bond acceptors (Lipinski definition) is 5. The van der Waals surface area contributed by atoms with Crippen LogP contribution in [0, 0.1) is 12.8 Å². The van der Waals surface area contributed by atoms with Crippen molar-refractivity contribution in [2.24, 2.45) is 5.92 Å². The summed E-state index contributed by atoms with van der Waals surface area (Å²) in [7, 11) is 0. The van der Waals surface area contributed by atoms with Crippen LogP contribution >= 0.6 is 23.1 Å². The van der Waals surface area contributed by atoms with Crippen molar-refractivity contribution < 1.29 is 4.79 Å². The number of nitrogens with one attached hydrogen (secondary N) is 1. The molecular weight excluding hydrogens is 364 g/mol. The van der Waals surface area contributed by atoms with E-state index in [0.717, 1.165) is 35.0 Å². The lowest BCUT2D eigenvalue weighted by atomic mass is 9.89. The molecule has 3 aromatic rings. The molecule has 26 heavy (non-hydrogen) atoms. The Bertz CT molecular complexity index is 1030. The highest BCUT2D eigenvalue weighted by Crippen LogP contribution is 2.36. The van der Waals surface area contributed by atoms with Crippen LogP contribution in [0.5, 0.6) is 0 Å². The van der Waals surface area contributed by atoms with Crippen LogP contribution in [0.15, 0.2) is 34.2 Å². The zero-order chi connectivity index (χ0) is 18.3. The van der Waals surface area contributed by atoms with Crippen LogP contribution < -0.4 is 5.56 Å². The largest absolute Gasteiger partial charge is 0.301 e. The molecule has 0 aliphatic heterocycles. The number of thiophene rings is 1. The number of thioether (sulfide) groups is 1. The number of aromatic amines is 1. The van der Waals surface area contributed by atoms with Crippen LogP contribution in [-0.4, -0.2) is 21.5 Å². The molecule has 0 spiro atoms. The molecule has 0 radical (unpaired) electrons. The predicted molar refractivity (Wildman–Crippen MR) is 108 cm³/mol. The van der Waals surface area contributed by atoms with Gasteiger partial charge in [0.2, 0.25) is 0 Å². The first-order valence-corrected chi connectivity index (χ1v) is 10.6. The standard InChI is InChI=1S/C20H20N2O2S2/c1-11-3-6-13(7-4-11)15(23)10-25-20-21-18(24)17-14-8-5-12(2)9-16(14)26-19(17)22-20/h3-4,6-7,12H,5,8-10H2,1-2H3,(H,21,22,24)/t12-/m1/s1. The van der Waals surface area contributed by atoms with Crippen LogP contribution in [0.25, 0.3) is 10.2 Å². The molecule has 1 aromatic carbocycles. The fourth-order valence-corrected chi connectivity index (χ4v) is 5.55. The number of carbonyl (C=O) groups excluding carboxylic acids is 1. The first kappa shape index (κ1) is 17.5. The molecule has 6 heteroatoms. The number of hydrogen-bond donors (Lipinski definition) is 1. The number of carbonyl (C=O) groups is 1. The Labute approximate surface area is 160 Å². The molecule has 0 bridgehead atoms. The van der Waals surface area contributed by atoms with Gasteiger partial charge in [0, 0.05) is 10.4 Å². The van der Waals surface area contributed by atoms with Gasteiger partial charge < -0.3 is 4.98 Å². The Hall–Kier alpha value is -1.92. The van der Waals surface area contributed by atoms with Crippen molar-refractivity contribution in [3.8, 4) is 0 Å². The van der Waals surface area contributed by atoms with Gasteiger partial charge in [-0.3, -0.25) is 9.59 Å². The van der Waals surface area contributed by atoms with Crippen LogP contribution in [0.2, 0.25) is 0 Å². The molecule has 4 rings (SSSR count). The summed E-state index contributed by atoms with van der Waals surface area (Å²) in [4.78, 5) is 34.5. The van der Waals surface area contributed by atoms with E-state index in [4.69, 9.17) is 0 Å². The maximum Gasteiger partial charge on any atom is 0.260 e. The minimum atomic E-state index is -0.0765. The first-order chi connectivity index (χ1) is 12.5. The zero-order valence-corrected chi connectivity index (χ0v) is 16.4. The predicted octanol–water partition coefficient (Wildman–Crippen LogP) is 4.39. The average molecular weight is 385 g/mol. The molecule has 0 unspecified atom stereocenters. The number of aryl methyl sites for hydroxylation is 2. The monoisotopic (exact) mass is 384 g/mol. The van der Waals surface area contributed by atoms with Crippen molar-refractivity contribution in [2.75, 3.05) is 5.75 Å². The second-order valence-corrected chi connectivity index (χ2v) is 9.03. The summed E-state index contributed by atoms with van der Waals surface area (Å²) < 4.78 is 0. The van der Waals surface area contributed by atoms with Gasteiger partial charge in [-0.1, -0.05) is 48.5 Å². The number of fused-ring (bicyclic) bond motifs is 3. The second kappa shape index (κ2) is 7.00. The van der Waals surface area contributed by atoms with Crippen molar-refractivity contribution in [3.05, 3.63) is 56.2 Å². The number of ketones is 1. The number of benzene rings is 1. The number of aromatic nitrogens is 2. The van der Waals surface area contributed by atoms with Gasteiger partial charge in [-0.05, 0) is 37.7 Å². The normalized spacial score (nSPS) is 16.6. The smallest absolute Gasteiger partial charge is 0.260 e. The Morgan fingerprint density at radius 1 is 1.35 bits per heavy atom. The van der Waals surface area contributed by atoms with Gasteiger partial charge in [0.1, 0.15) is 4.83 Å². The Kier molecular flexibility index (Phi) is 4.71. The van der Waals surface area contributed by atoms with Crippen molar-refractivity contribution in [2.45, 2.75) is 38.3 Å². The third-order valence-corrected chi connectivity index (χ3v) is 6.88. The van der Waals surface area contributed by atoms with Crippen molar-refractivity contribution in [1.29, 1.82) is 0 Å². The highest BCUT2D eigenvalue weighted by atomic mass is 32.2. The van der Waals surface area contributed by atoms with Crippen LogP contribution in [0.3, 0.4) is 0 Å². The number of H-pyrrole nitrogens is 1. The highest BCUT2D eigenvalue weighted by Gasteiger charge is 2.23. The maximum atomic E-state index is 12.6. The van der Waals surface area contributed by atoms with Gasteiger partial charge in [0.05, 0.1) is 11.1 Å². The molecule has 1 aliphatic carbocycles. The van der Waals surface area contributed by atoms with E-state index in [9.17, 15) is 9.59 Å². The molecule has 1 aliphatic rings. The Morgan fingerprint density at radius 2 is 2.12 bits per heavy atom. The lowest BCUT2D eigenvalue weighted by molar-refractivity contribution is 0.102. The molecule has 4 nitrogen and oxygen atoms in total. The summed E-state index contributed by atoms with van der Waals surface area (Å²) in [5.74, 6) is 0.965. The quantitative estimate of drug-likeness (QED) is 0.412. The number of rotatable bonds is 4. The van der Waals surface area contributed by atoms with Crippen LogP contribution in [-0.2, 0) is 12.8 Å². The third kappa shape index (κ3) is 3.35. The summed E-state index contributed by atoms with van der Waals surface area (Å²) in [6, 6.07) is 7.54. The summed E-state index contributed by atoms with van der Waals surface area (Å²) in [5, 5.41) is 1.28. The van der Waals surface area contributed by atoms with Gasteiger partial charge in [0.15, 0.2) is 10.9 Å². The van der Waals surface area contributed by atoms with Gasteiger partial charge >= 0.3 is 0 Å².